The van der Waals surface area contributed by atoms with Gasteiger partial charge in [-0.25, -0.2) is 4.98 Å². The lowest BCUT2D eigenvalue weighted by atomic mass is 9.75. The summed E-state index contributed by atoms with van der Waals surface area (Å²) in [6, 6.07) is 6.60. The molecular formula is C17H23N3S. The van der Waals surface area contributed by atoms with Gasteiger partial charge in [-0.1, -0.05) is 19.9 Å². The fraction of sp³-hybridized carbons (Fsp3) is 0.529. The molecule has 112 valence electrons. The Morgan fingerprint density at radius 1 is 1.29 bits per heavy atom. The van der Waals surface area contributed by atoms with Crippen LogP contribution in [0.4, 0.5) is 0 Å². The van der Waals surface area contributed by atoms with E-state index in [4.69, 9.17) is 0 Å². The average molecular weight is 301 g/mol. The van der Waals surface area contributed by atoms with Crippen LogP contribution in [0.5, 0.6) is 0 Å². The van der Waals surface area contributed by atoms with E-state index in [9.17, 15) is 0 Å². The summed E-state index contributed by atoms with van der Waals surface area (Å²) in [6.07, 6.45) is 7.02. The summed E-state index contributed by atoms with van der Waals surface area (Å²) in [5.74, 6) is 0. The van der Waals surface area contributed by atoms with E-state index in [1.807, 2.05) is 24.4 Å². The molecule has 0 atom stereocenters. The maximum Gasteiger partial charge on any atom is 0.142 e. The van der Waals surface area contributed by atoms with Gasteiger partial charge in [-0.3, -0.25) is 4.98 Å². The predicted molar refractivity (Wildman–Crippen MR) is 88.2 cm³/mol. The van der Waals surface area contributed by atoms with Crippen LogP contribution in [0.2, 0.25) is 0 Å². The molecule has 0 bridgehead atoms. The molecule has 2 heterocycles. The third-order valence-electron chi connectivity index (χ3n) is 4.35. The lowest BCUT2D eigenvalue weighted by Gasteiger charge is -2.34. The Balaban J connectivity index is 1.54. The molecule has 2 aromatic heterocycles. The summed E-state index contributed by atoms with van der Waals surface area (Å²) in [5.41, 5.74) is 2.63. The first-order valence-electron chi connectivity index (χ1n) is 7.72. The Kier molecular flexibility index (Phi) is 4.36. The monoisotopic (exact) mass is 301 g/mol. The molecular weight excluding hydrogens is 278 g/mol. The van der Waals surface area contributed by atoms with Crippen molar-refractivity contribution in [2.45, 2.75) is 52.1 Å². The number of thiazole rings is 1. The highest BCUT2D eigenvalue weighted by Gasteiger charge is 2.26. The average Bonchev–Trinajstić information content (AvgIpc) is 2.96. The fourth-order valence-corrected chi connectivity index (χ4v) is 3.64. The quantitative estimate of drug-likeness (QED) is 0.916. The zero-order chi connectivity index (χ0) is 14.7. The van der Waals surface area contributed by atoms with Gasteiger partial charge in [0.05, 0.1) is 11.4 Å². The van der Waals surface area contributed by atoms with Crippen LogP contribution in [0.1, 0.15) is 45.2 Å². The van der Waals surface area contributed by atoms with Gasteiger partial charge in [-0.2, -0.15) is 0 Å². The third-order valence-corrected chi connectivity index (χ3v) is 5.26. The Hall–Kier alpha value is -1.26. The maximum absolute atomic E-state index is 4.69. The number of nitrogens with one attached hydrogen (secondary N) is 1. The molecule has 1 fully saturated rings. The molecule has 0 spiro atoms. The molecule has 0 unspecified atom stereocenters. The van der Waals surface area contributed by atoms with Crippen molar-refractivity contribution < 1.29 is 0 Å². The highest BCUT2D eigenvalue weighted by atomic mass is 32.1. The minimum Gasteiger partial charge on any atom is -0.308 e. The first kappa shape index (κ1) is 14.7. The summed E-state index contributed by atoms with van der Waals surface area (Å²) < 4.78 is 0. The molecule has 0 aliphatic heterocycles. The van der Waals surface area contributed by atoms with Gasteiger partial charge in [0, 0.05) is 24.2 Å². The van der Waals surface area contributed by atoms with Crippen LogP contribution in [0.15, 0.2) is 29.8 Å². The van der Waals surface area contributed by atoms with E-state index in [0.29, 0.717) is 11.5 Å². The van der Waals surface area contributed by atoms with Crippen molar-refractivity contribution in [3.05, 3.63) is 35.5 Å². The van der Waals surface area contributed by atoms with Gasteiger partial charge in [-0.15, -0.1) is 11.3 Å². The minimum absolute atomic E-state index is 0.533. The zero-order valence-electron chi connectivity index (χ0n) is 12.8. The number of hydrogen-bond donors (Lipinski definition) is 1. The first-order valence-corrected chi connectivity index (χ1v) is 8.60. The van der Waals surface area contributed by atoms with Gasteiger partial charge >= 0.3 is 0 Å². The van der Waals surface area contributed by atoms with Crippen LogP contribution in [0, 0.1) is 5.41 Å². The van der Waals surface area contributed by atoms with E-state index in [1.54, 1.807) is 11.3 Å². The first-order chi connectivity index (χ1) is 10.1. The second-order valence-electron chi connectivity index (χ2n) is 6.68. The van der Waals surface area contributed by atoms with Gasteiger partial charge in [-0.05, 0) is 43.2 Å². The highest BCUT2D eigenvalue weighted by Crippen LogP contribution is 2.35. The molecule has 1 aliphatic carbocycles. The van der Waals surface area contributed by atoms with Gasteiger partial charge in [0.1, 0.15) is 5.01 Å². The Bertz CT molecular complexity index is 567. The van der Waals surface area contributed by atoms with Crippen molar-refractivity contribution >= 4 is 11.3 Å². The molecule has 0 amide bonds. The predicted octanol–water partition coefficient (Wildman–Crippen LogP) is 4.26. The van der Waals surface area contributed by atoms with Gasteiger partial charge < -0.3 is 5.32 Å². The van der Waals surface area contributed by atoms with Crippen LogP contribution in [0.25, 0.3) is 10.7 Å². The van der Waals surface area contributed by atoms with E-state index in [2.05, 4.69) is 34.5 Å². The highest BCUT2D eigenvalue weighted by molar-refractivity contribution is 7.13. The van der Waals surface area contributed by atoms with Crippen LogP contribution in [-0.4, -0.2) is 16.0 Å². The number of rotatable bonds is 4. The van der Waals surface area contributed by atoms with E-state index in [-0.39, 0.29) is 0 Å². The molecule has 2 aromatic rings. The van der Waals surface area contributed by atoms with Crippen LogP contribution in [0.3, 0.4) is 0 Å². The summed E-state index contributed by atoms with van der Waals surface area (Å²) >= 11 is 1.68. The lowest BCUT2D eigenvalue weighted by molar-refractivity contribution is 0.206. The molecule has 0 aromatic carbocycles. The molecule has 21 heavy (non-hydrogen) atoms. The van der Waals surface area contributed by atoms with Crippen molar-refractivity contribution in [2.75, 3.05) is 0 Å². The van der Waals surface area contributed by atoms with Crippen molar-refractivity contribution in [3.8, 4) is 10.7 Å². The second-order valence-corrected chi connectivity index (χ2v) is 7.54. The van der Waals surface area contributed by atoms with E-state index in [0.717, 1.165) is 22.9 Å². The van der Waals surface area contributed by atoms with Crippen molar-refractivity contribution in [1.82, 2.24) is 15.3 Å². The molecule has 4 heteroatoms. The topological polar surface area (TPSA) is 37.8 Å². The van der Waals surface area contributed by atoms with Gasteiger partial charge in [0.25, 0.3) is 0 Å². The summed E-state index contributed by atoms with van der Waals surface area (Å²) in [7, 11) is 0. The summed E-state index contributed by atoms with van der Waals surface area (Å²) in [5, 5.41) is 6.82. The van der Waals surface area contributed by atoms with Gasteiger partial charge in [0.15, 0.2) is 0 Å². The maximum atomic E-state index is 4.69. The van der Waals surface area contributed by atoms with Crippen LogP contribution < -0.4 is 5.32 Å². The summed E-state index contributed by atoms with van der Waals surface area (Å²) in [6.45, 7) is 5.63. The smallest absolute Gasteiger partial charge is 0.142 e. The molecule has 3 rings (SSSR count). The van der Waals surface area contributed by atoms with Crippen LogP contribution >= 0.6 is 11.3 Å². The summed E-state index contributed by atoms with van der Waals surface area (Å²) in [4.78, 5) is 9.04. The molecule has 3 nitrogen and oxygen atoms in total. The number of hydrogen-bond acceptors (Lipinski definition) is 4. The molecule has 1 saturated carbocycles. The van der Waals surface area contributed by atoms with E-state index >= 15 is 0 Å². The molecule has 1 N–H and O–H groups in total. The standard InChI is InChI=1S/C17H23N3S/c1-17(2)8-6-13(7-9-17)19-11-14-12-21-16(20-14)15-5-3-4-10-18-15/h3-5,10,12-13,19H,6-9,11H2,1-2H3. The Labute approximate surface area is 130 Å². The second kappa shape index (κ2) is 6.24. The Morgan fingerprint density at radius 2 is 2.10 bits per heavy atom. The minimum atomic E-state index is 0.533. The zero-order valence-corrected chi connectivity index (χ0v) is 13.6. The molecule has 0 radical (unpaired) electrons. The van der Waals surface area contributed by atoms with Crippen molar-refractivity contribution in [3.63, 3.8) is 0 Å². The lowest BCUT2D eigenvalue weighted by Crippen LogP contribution is -2.35. The van der Waals surface area contributed by atoms with E-state index < -0.39 is 0 Å². The SMILES string of the molecule is CC1(C)CCC(NCc2csc(-c3ccccn3)n2)CC1. The van der Waals surface area contributed by atoms with Crippen molar-refractivity contribution in [1.29, 1.82) is 0 Å². The molecule has 0 saturated heterocycles. The van der Waals surface area contributed by atoms with Crippen LogP contribution in [-0.2, 0) is 6.54 Å². The number of pyridine rings is 1. The number of aromatic nitrogens is 2. The van der Waals surface area contributed by atoms with Gasteiger partial charge in [0.2, 0.25) is 0 Å². The van der Waals surface area contributed by atoms with E-state index in [1.165, 1.54) is 25.7 Å². The number of nitrogens with zero attached hydrogens (tertiary/aromatic N) is 2. The molecule has 1 aliphatic rings. The van der Waals surface area contributed by atoms with Crippen molar-refractivity contribution in [2.24, 2.45) is 5.41 Å². The third kappa shape index (κ3) is 3.89. The normalized spacial score (nSPS) is 18.8. The Morgan fingerprint density at radius 3 is 2.81 bits per heavy atom. The largest absolute Gasteiger partial charge is 0.308 e. The fourth-order valence-electron chi connectivity index (χ4n) is 2.85.